The number of hydrogen-bond acceptors (Lipinski definition) is 3. The number of carbonyl (C=O) groups is 2. The van der Waals surface area contributed by atoms with Gasteiger partial charge in [0.05, 0.1) is 0 Å². The molecule has 0 unspecified atom stereocenters. The van der Waals surface area contributed by atoms with Crippen LogP contribution in [0.1, 0.15) is 29.3 Å². The van der Waals surface area contributed by atoms with Crippen LogP contribution in [0.2, 0.25) is 0 Å². The van der Waals surface area contributed by atoms with E-state index in [0.717, 1.165) is 30.6 Å². The van der Waals surface area contributed by atoms with Crippen LogP contribution in [0.15, 0.2) is 18.2 Å². The van der Waals surface area contributed by atoms with E-state index in [4.69, 9.17) is 5.11 Å². The van der Waals surface area contributed by atoms with Crippen molar-refractivity contribution < 1.29 is 14.7 Å². The van der Waals surface area contributed by atoms with E-state index >= 15 is 0 Å². The molecule has 0 fully saturated rings. The number of anilines is 1. The fraction of sp³-hybridized carbons (Fsp3) is 0.385. The Morgan fingerprint density at radius 2 is 2.22 bits per heavy atom. The van der Waals surface area contributed by atoms with Crippen molar-refractivity contribution in [2.45, 2.75) is 25.8 Å². The Bertz CT molecular complexity index is 485. The Kier molecular flexibility index (Phi) is 3.50. The predicted molar refractivity (Wildman–Crippen MR) is 67.8 cm³/mol. The zero-order valence-corrected chi connectivity index (χ0v) is 10.2. The quantitative estimate of drug-likeness (QED) is 0.752. The number of rotatable bonds is 3. The molecule has 2 rings (SSSR count). The summed E-state index contributed by atoms with van der Waals surface area (Å²) in [5.74, 6) is -1.39. The summed E-state index contributed by atoms with van der Waals surface area (Å²) in [7, 11) is 0. The summed E-state index contributed by atoms with van der Waals surface area (Å²) in [4.78, 5) is 22.5. The van der Waals surface area contributed by atoms with Crippen molar-refractivity contribution in [2.75, 3.05) is 11.9 Å². The molecule has 1 amide bonds. The van der Waals surface area contributed by atoms with Gasteiger partial charge in [-0.2, -0.15) is 0 Å². The summed E-state index contributed by atoms with van der Waals surface area (Å²) in [6.45, 7) is 2.40. The normalized spacial score (nSPS) is 15.2. The zero-order chi connectivity index (χ0) is 13.1. The van der Waals surface area contributed by atoms with Crippen LogP contribution < -0.4 is 10.6 Å². The molecule has 1 aliphatic heterocycles. The third-order valence-electron chi connectivity index (χ3n) is 3.02. The van der Waals surface area contributed by atoms with Gasteiger partial charge >= 0.3 is 5.97 Å². The SMILES string of the molecule is C[C@@H](NC(=O)c1ccc2c(c1)CCCN2)C(=O)O. The van der Waals surface area contributed by atoms with E-state index in [1.807, 2.05) is 12.1 Å². The van der Waals surface area contributed by atoms with Gasteiger partial charge < -0.3 is 15.7 Å². The van der Waals surface area contributed by atoms with Gasteiger partial charge in [0.2, 0.25) is 0 Å². The summed E-state index contributed by atoms with van der Waals surface area (Å²) in [6.07, 6.45) is 1.99. The van der Waals surface area contributed by atoms with E-state index in [1.54, 1.807) is 6.07 Å². The number of nitrogens with one attached hydrogen (secondary N) is 2. The second-order valence-corrected chi connectivity index (χ2v) is 4.44. The molecule has 0 aromatic heterocycles. The number of benzene rings is 1. The summed E-state index contributed by atoms with van der Waals surface area (Å²) in [6, 6.07) is 4.52. The number of hydrogen-bond donors (Lipinski definition) is 3. The first-order chi connectivity index (χ1) is 8.58. The van der Waals surface area contributed by atoms with E-state index in [-0.39, 0.29) is 5.91 Å². The van der Waals surface area contributed by atoms with Crippen molar-refractivity contribution in [1.29, 1.82) is 0 Å². The highest BCUT2D eigenvalue weighted by Gasteiger charge is 2.17. The molecule has 1 heterocycles. The summed E-state index contributed by atoms with van der Waals surface area (Å²) in [5, 5.41) is 14.5. The van der Waals surface area contributed by atoms with Gasteiger partial charge in [0.25, 0.3) is 5.91 Å². The number of carboxylic acids is 1. The van der Waals surface area contributed by atoms with Gasteiger partial charge in [0.15, 0.2) is 0 Å². The van der Waals surface area contributed by atoms with E-state index in [2.05, 4.69) is 10.6 Å². The van der Waals surface area contributed by atoms with Crippen molar-refractivity contribution >= 4 is 17.6 Å². The highest BCUT2D eigenvalue weighted by atomic mass is 16.4. The largest absolute Gasteiger partial charge is 0.480 e. The van der Waals surface area contributed by atoms with Crippen LogP contribution >= 0.6 is 0 Å². The summed E-state index contributed by atoms with van der Waals surface area (Å²) >= 11 is 0. The lowest BCUT2D eigenvalue weighted by molar-refractivity contribution is -0.138. The molecule has 3 N–H and O–H groups in total. The molecule has 1 aromatic carbocycles. The molecular weight excluding hydrogens is 232 g/mol. The number of fused-ring (bicyclic) bond motifs is 1. The van der Waals surface area contributed by atoms with Crippen molar-refractivity contribution in [3.8, 4) is 0 Å². The van der Waals surface area contributed by atoms with Crippen LogP contribution in [-0.4, -0.2) is 29.6 Å². The molecule has 0 aliphatic carbocycles. The molecule has 0 radical (unpaired) electrons. The van der Waals surface area contributed by atoms with Gasteiger partial charge in [-0.25, -0.2) is 0 Å². The molecule has 0 spiro atoms. The maximum Gasteiger partial charge on any atom is 0.325 e. The molecule has 5 nitrogen and oxygen atoms in total. The summed E-state index contributed by atoms with van der Waals surface area (Å²) in [5.41, 5.74) is 2.67. The van der Waals surface area contributed by atoms with E-state index in [0.29, 0.717) is 5.56 Å². The van der Waals surface area contributed by atoms with E-state index in [9.17, 15) is 9.59 Å². The van der Waals surface area contributed by atoms with Gasteiger partial charge in [-0.3, -0.25) is 9.59 Å². The second kappa shape index (κ2) is 5.08. The number of carbonyl (C=O) groups excluding carboxylic acids is 1. The molecular formula is C13H16N2O3. The lowest BCUT2D eigenvalue weighted by atomic mass is 10.0. The van der Waals surface area contributed by atoms with Crippen LogP contribution in [0.5, 0.6) is 0 Å². The van der Waals surface area contributed by atoms with Gasteiger partial charge in [0.1, 0.15) is 6.04 Å². The Labute approximate surface area is 105 Å². The van der Waals surface area contributed by atoms with Gasteiger partial charge in [-0.1, -0.05) is 0 Å². The minimum atomic E-state index is -1.04. The highest BCUT2D eigenvalue weighted by Crippen LogP contribution is 2.22. The fourth-order valence-corrected chi connectivity index (χ4v) is 1.96. The van der Waals surface area contributed by atoms with Crippen molar-refractivity contribution in [3.63, 3.8) is 0 Å². The third-order valence-corrected chi connectivity index (χ3v) is 3.02. The number of carboxylic acid groups (broad SMARTS) is 1. The average Bonchev–Trinajstić information content (AvgIpc) is 2.37. The molecule has 5 heteroatoms. The molecule has 1 aliphatic rings. The van der Waals surface area contributed by atoms with Crippen LogP contribution in [0.3, 0.4) is 0 Å². The molecule has 18 heavy (non-hydrogen) atoms. The Morgan fingerprint density at radius 3 is 2.94 bits per heavy atom. The van der Waals surface area contributed by atoms with Gasteiger partial charge in [-0.05, 0) is 43.5 Å². The highest BCUT2D eigenvalue weighted by molar-refractivity contribution is 5.97. The first-order valence-electron chi connectivity index (χ1n) is 5.98. The maximum atomic E-state index is 11.9. The van der Waals surface area contributed by atoms with Crippen molar-refractivity contribution in [1.82, 2.24) is 5.32 Å². The molecule has 1 atom stereocenters. The zero-order valence-electron chi connectivity index (χ0n) is 10.2. The van der Waals surface area contributed by atoms with E-state index < -0.39 is 12.0 Å². The molecule has 0 saturated carbocycles. The topological polar surface area (TPSA) is 78.4 Å². The summed E-state index contributed by atoms with van der Waals surface area (Å²) < 4.78 is 0. The average molecular weight is 248 g/mol. The molecule has 0 bridgehead atoms. The number of aryl methyl sites for hydroxylation is 1. The molecule has 1 aromatic rings. The van der Waals surface area contributed by atoms with Crippen LogP contribution in [-0.2, 0) is 11.2 Å². The minimum absolute atomic E-state index is 0.349. The second-order valence-electron chi connectivity index (χ2n) is 4.44. The minimum Gasteiger partial charge on any atom is -0.480 e. The van der Waals surface area contributed by atoms with Crippen molar-refractivity contribution in [3.05, 3.63) is 29.3 Å². The Hall–Kier alpha value is -2.04. The predicted octanol–water partition coefficient (Wildman–Crippen LogP) is 1.25. The molecule has 0 saturated heterocycles. The first kappa shape index (κ1) is 12.4. The number of aliphatic carboxylic acids is 1. The molecule has 96 valence electrons. The smallest absolute Gasteiger partial charge is 0.325 e. The van der Waals surface area contributed by atoms with Crippen LogP contribution in [0.25, 0.3) is 0 Å². The standard InChI is InChI=1S/C13H16N2O3/c1-8(13(17)18)15-12(16)10-4-5-11-9(7-10)3-2-6-14-11/h4-5,7-8,14H,2-3,6H2,1H3,(H,15,16)(H,17,18)/t8-/m1/s1. The van der Waals surface area contributed by atoms with E-state index in [1.165, 1.54) is 6.92 Å². The van der Waals surface area contributed by atoms with Gasteiger partial charge in [0, 0.05) is 17.8 Å². The third kappa shape index (κ3) is 2.61. The number of amides is 1. The van der Waals surface area contributed by atoms with Crippen molar-refractivity contribution in [2.24, 2.45) is 0 Å². The monoisotopic (exact) mass is 248 g/mol. The lowest BCUT2D eigenvalue weighted by Gasteiger charge is -2.18. The Balaban J connectivity index is 2.13. The fourth-order valence-electron chi connectivity index (χ4n) is 1.96. The van der Waals surface area contributed by atoms with Crippen LogP contribution in [0.4, 0.5) is 5.69 Å². The Morgan fingerprint density at radius 1 is 1.44 bits per heavy atom. The first-order valence-corrected chi connectivity index (χ1v) is 5.98. The maximum absolute atomic E-state index is 11.9. The van der Waals surface area contributed by atoms with Gasteiger partial charge in [-0.15, -0.1) is 0 Å². The lowest BCUT2D eigenvalue weighted by Crippen LogP contribution is -2.38. The van der Waals surface area contributed by atoms with Crippen LogP contribution in [0, 0.1) is 0 Å².